The molecule has 6 nitrogen and oxygen atoms in total. The maximum Gasteiger partial charge on any atom is 0.338 e. The minimum Gasteiger partial charge on any atom is -0.462 e. The number of carbonyl (C=O) groups excluding carboxylic acids is 4. The Balaban J connectivity index is 1.57. The lowest BCUT2D eigenvalue weighted by Crippen LogP contribution is -2.57. The highest BCUT2D eigenvalue weighted by Crippen LogP contribution is 2.64. The van der Waals surface area contributed by atoms with E-state index in [4.69, 9.17) is 4.74 Å². The van der Waals surface area contributed by atoms with E-state index in [1.807, 2.05) is 48.5 Å². The van der Waals surface area contributed by atoms with Gasteiger partial charge in [-0.2, -0.15) is 0 Å². The molecule has 0 aromatic heterocycles. The van der Waals surface area contributed by atoms with Crippen LogP contribution in [0.1, 0.15) is 52.4 Å². The molecule has 3 aliphatic carbocycles. The molecule has 7 rings (SSSR count). The third-order valence-electron chi connectivity index (χ3n) is 7.79. The van der Waals surface area contributed by atoms with Crippen molar-refractivity contribution >= 4 is 29.3 Å². The van der Waals surface area contributed by atoms with Crippen molar-refractivity contribution in [3.05, 3.63) is 101 Å². The van der Waals surface area contributed by atoms with Crippen LogP contribution in [-0.4, -0.2) is 30.2 Å². The van der Waals surface area contributed by atoms with Crippen LogP contribution in [0.3, 0.4) is 0 Å². The number of benzene rings is 3. The maximum absolute atomic E-state index is 14.1. The number of hydrogen-bond acceptors (Lipinski definition) is 5. The second kappa shape index (κ2) is 7.47. The van der Waals surface area contributed by atoms with Gasteiger partial charge in [-0.15, -0.1) is 0 Å². The van der Waals surface area contributed by atoms with E-state index in [1.54, 1.807) is 25.1 Å². The van der Waals surface area contributed by atoms with Crippen molar-refractivity contribution in [1.29, 1.82) is 0 Å². The quantitative estimate of drug-likeness (QED) is 0.430. The highest BCUT2D eigenvalue weighted by Gasteiger charge is 2.70. The molecule has 0 spiro atoms. The van der Waals surface area contributed by atoms with Crippen molar-refractivity contribution in [1.82, 2.24) is 0 Å². The Hall–Kier alpha value is -4.06. The fraction of sp³-hybridized carbons (Fsp3) is 0.241. The molecule has 3 aromatic carbocycles. The molecule has 2 amide bonds. The third kappa shape index (κ3) is 2.59. The number of rotatable bonds is 4. The monoisotopic (exact) mass is 465 g/mol. The van der Waals surface area contributed by atoms with Crippen molar-refractivity contribution < 1.29 is 23.9 Å². The van der Waals surface area contributed by atoms with Crippen molar-refractivity contribution in [3.8, 4) is 0 Å². The second-order valence-corrected chi connectivity index (χ2v) is 9.30. The summed E-state index contributed by atoms with van der Waals surface area (Å²) in [6, 6.07) is 21.7. The van der Waals surface area contributed by atoms with Gasteiger partial charge < -0.3 is 4.74 Å². The molecule has 4 aliphatic rings. The van der Waals surface area contributed by atoms with E-state index in [1.165, 1.54) is 17.9 Å². The van der Waals surface area contributed by atoms with Crippen LogP contribution in [0.4, 0.5) is 5.69 Å². The molecule has 1 saturated heterocycles. The first kappa shape index (κ1) is 21.5. The van der Waals surface area contributed by atoms with Crippen LogP contribution in [0.15, 0.2) is 72.8 Å². The lowest BCUT2D eigenvalue weighted by atomic mass is 9.46. The average Bonchev–Trinajstić information content (AvgIpc) is 3.14. The summed E-state index contributed by atoms with van der Waals surface area (Å²) in [6.45, 7) is 3.44. The third-order valence-corrected chi connectivity index (χ3v) is 7.79. The van der Waals surface area contributed by atoms with Gasteiger partial charge in [0.15, 0.2) is 0 Å². The normalized spacial score (nSPS) is 25.7. The van der Waals surface area contributed by atoms with E-state index >= 15 is 0 Å². The second-order valence-electron chi connectivity index (χ2n) is 9.30. The number of Topliss-reactive ketones (excluding diaryl/α,β-unsaturated/α-hetero) is 1. The largest absolute Gasteiger partial charge is 0.462 e. The fourth-order valence-corrected chi connectivity index (χ4v) is 6.61. The smallest absolute Gasteiger partial charge is 0.338 e. The van der Waals surface area contributed by atoms with Crippen molar-refractivity contribution in [2.24, 2.45) is 11.8 Å². The molecule has 1 fully saturated rings. The van der Waals surface area contributed by atoms with Gasteiger partial charge in [-0.3, -0.25) is 14.4 Å². The molecule has 0 radical (unpaired) electrons. The summed E-state index contributed by atoms with van der Waals surface area (Å²) in [5, 5.41) is 0. The van der Waals surface area contributed by atoms with Crippen LogP contribution in [-0.2, 0) is 24.5 Å². The van der Waals surface area contributed by atoms with Crippen LogP contribution in [0.2, 0.25) is 0 Å². The molecule has 0 N–H and O–H groups in total. The van der Waals surface area contributed by atoms with Gasteiger partial charge in [-0.25, -0.2) is 9.69 Å². The molecule has 0 unspecified atom stereocenters. The minimum atomic E-state index is -1.24. The van der Waals surface area contributed by atoms with Crippen LogP contribution in [0.5, 0.6) is 0 Å². The summed E-state index contributed by atoms with van der Waals surface area (Å²) in [5.74, 6) is -3.33. The van der Waals surface area contributed by atoms with E-state index < -0.39 is 29.1 Å². The topological polar surface area (TPSA) is 80.8 Å². The Morgan fingerprint density at radius 3 is 2.11 bits per heavy atom. The molecule has 0 saturated carbocycles. The van der Waals surface area contributed by atoms with Gasteiger partial charge in [0.25, 0.3) is 0 Å². The minimum absolute atomic E-state index is 0.158. The number of amides is 2. The zero-order valence-corrected chi connectivity index (χ0v) is 19.4. The highest BCUT2D eigenvalue weighted by atomic mass is 16.5. The first-order valence-electron chi connectivity index (χ1n) is 11.8. The van der Waals surface area contributed by atoms with Crippen LogP contribution >= 0.6 is 0 Å². The molecule has 1 heterocycles. The SMILES string of the molecule is CCOC(=O)c1cccc(N2C(=O)[C@@H]3[C@@H](C2=O)C2c4ccccc4C3(C(C)=O)c3ccccc32)c1. The number of ketones is 1. The van der Waals surface area contributed by atoms with Crippen LogP contribution in [0, 0.1) is 11.8 Å². The Labute approximate surface area is 202 Å². The van der Waals surface area contributed by atoms with Gasteiger partial charge >= 0.3 is 5.97 Å². The molecule has 3 aromatic rings. The molecular weight excluding hydrogens is 442 g/mol. The maximum atomic E-state index is 14.1. The summed E-state index contributed by atoms with van der Waals surface area (Å²) in [5.41, 5.74) is 2.78. The van der Waals surface area contributed by atoms with Crippen molar-refractivity contribution in [3.63, 3.8) is 0 Å². The number of imide groups is 1. The summed E-state index contributed by atoms with van der Waals surface area (Å²) >= 11 is 0. The molecule has 2 atom stereocenters. The van der Waals surface area contributed by atoms with Crippen molar-refractivity contribution in [2.75, 3.05) is 11.5 Å². The number of carbonyl (C=O) groups is 4. The van der Waals surface area contributed by atoms with E-state index in [-0.39, 0.29) is 29.8 Å². The highest BCUT2D eigenvalue weighted by molar-refractivity contribution is 6.25. The summed E-state index contributed by atoms with van der Waals surface area (Å²) in [6.07, 6.45) is 0. The fourth-order valence-electron chi connectivity index (χ4n) is 6.61. The van der Waals surface area contributed by atoms with E-state index in [0.29, 0.717) is 5.69 Å². The summed E-state index contributed by atoms with van der Waals surface area (Å²) < 4.78 is 5.10. The molecular formula is C29H23NO5. The van der Waals surface area contributed by atoms with E-state index in [0.717, 1.165) is 22.3 Å². The van der Waals surface area contributed by atoms with Crippen molar-refractivity contribution in [2.45, 2.75) is 25.2 Å². The number of nitrogens with zero attached hydrogens (tertiary/aromatic N) is 1. The Morgan fingerprint density at radius 1 is 0.886 bits per heavy atom. The lowest BCUT2D eigenvalue weighted by molar-refractivity contribution is -0.132. The van der Waals surface area contributed by atoms with Gasteiger partial charge in [-0.1, -0.05) is 54.6 Å². The van der Waals surface area contributed by atoms with Crippen LogP contribution in [0.25, 0.3) is 0 Å². The first-order chi connectivity index (χ1) is 16.9. The van der Waals surface area contributed by atoms with Crippen LogP contribution < -0.4 is 4.90 Å². The summed E-state index contributed by atoms with van der Waals surface area (Å²) in [4.78, 5) is 55.2. The average molecular weight is 466 g/mol. The lowest BCUT2D eigenvalue weighted by Gasteiger charge is -2.52. The Kier molecular flexibility index (Phi) is 4.58. The number of ether oxygens (including phenoxy) is 1. The number of anilines is 1. The van der Waals surface area contributed by atoms with Gasteiger partial charge in [0, 0.05) is 5.92 Å². The van der Waals surface area contributed by atoms with Gasteiger partial charge in [0.1, 0.15) is 5.78 Å². The Bertz CT molecular complexity index is 1390. The number of hydrogen-bond donors (Lipinski definition) is 0. The first-order valence-corrected chi connectivity index (χ1v) is 11.8. The molecule has 1 aliphatic heterocycles. The van der Waals surface area contributed by atoms with E-state index in [2.05, 4.69) is 0 Å². The summed E-state index contributed by atoms with van der Waals surface area (Å²) in [7, 11) is 0. The Morgan fingerprint density at radius 2 is 1.51 bits per heavy atom. The molecule has 2 bridgehead atoms. The van der Waals surface area contributed by atoms with E-state index in [9.17, 15) is 19.2 Å². The zero-order chi connectivity index (χ0) is 24.5. The predicted molar refractivity (Wildman–Crippen MR) is 128 cm³/mol. The molecule has 6 heteroatoms. The predicted octanol–water partition coefficient (Wildman–Crippen LogP) is 4.00. The zero-order valence-electron chi connectivity index (χ0n) is 19.4. The molecule has 35 heavy (non-hydrogen) atoms. The van der Waals surface area contributed by atoms with Gasteiger partial charge in [0.2, 0.25) is 11.8 Å². The molecule has 174 valence electrons. The van der Waals surface area contributed by atoms with Gasteiger partial charge in [-0.05, 0) is 54.3 Å². The number of esters is 1. The standard InChI is InChI=1S/C29H23NO5/c1-3-35-28(34)17-9-8-10-18(15-17)30-26(32)24-23-19-11-4-6-13-21(19)29(16(2)31,25(24)27(30)33)22-14-7-5-12-20(22)23/h4-15,23-25H,3H2,1-2H3/t23?,24-,25-,29?/m0/s1. The van der Waals surface area contributed by atoms with Gasteiger partial charge in [0.05, 0.1) is 35.1 Å².